The molecule has 1 aliphatic heterocycles. The van der Waals surface area contributed by atoms with E-state index in [1.165, 1.54) is 17.2 Å². The van der Waals surface area contributed by atoms with Crippen LogP contribution >= 0.6 is 0 Å². The molecule has 2 aliphatic rings. The molecule has 1 atom stereocenters. The number of fused-ring (bicyclic) bond motifs is 2. The molecule has 0 unspecified atom stereocenters. The molecule has 0 spiro atoms. The van der Waals surface area contributed by atoms with Gasteiger partial charge in [-0.3, -0.25) is 9.89 Å². The number of likely N-dealkylation sites (tertiary alicyclic amines) is 1. The van der Waals surface area contributed by atoms with Crippen LogP contribution in [0, 0.1) is 0 Å². The summed E-state index contributed by atoms with van der Waals surface area (Å²) in [5, 5.41) is 15.9. The fourth-order valence-corrected chi connectivity index (χ4v) is 6.15. The number of amides is 1. The average Bonchev–Trinajstić information content (AvgIpc) is 3.76. The van der Waals surface area contributed by atoms with Gasteiger partial charge < -0.3 is 10.2 Å². The molecule has 8 nitrogen and oxygen atoms in total. The third-order valence-corrected chi connectivity index (χ3v) is 8.21. The molecule has 40 heavy (non-hydrogen) atoms. The summed E-state index contributed by atoms with van der Waals surface area (Å²) in [7, 11) is 0. The van der Waals surface area contributed by atoms with E-state index in [1.54, 1.807) is 6.20 Å². The van der Waals surface area contributed by atoms with Crippen molar-refractivity contribution in [2.75, 3.05) is 13.1 Å². The lowest BCUT2D eigenvalue weighted by molar-refractivity contribution is -0.127. The zero-order chi connectivity index (χ0) is 27.1. The number of carbonyl (C=O) groups is 1. The summed E-state index contributed by atoms with van der Waals surface area (Å²) in [6, 6.07) is 23.8. The van der Waals surface area contributed by atoms with Crippen LogP contribution < -0.4 is 5.32 Å². The molecule has 1 amide bonds. The predicted molar refractivity (Wildman–Crippen MR) is 155 cm³/mol. The summed E-state index contributed by atoms with van der Waals surface area (Å²) in [5.41, 5.74) is 9.31. The number of aryl methyl sites for hydroxylation is 1. The number of rotatable bonds is 6. The number of nitrogens with zero attached hydrogens (tertiary/aromatic N) is 5. The molecule has 0 bridgehead atoms. The van der Waals surface area contributed by atoms with Crippen LogP contribution in [0.1, 0.15) is 36.4 Å². The largest absolute Gasteiger partial charge is 0.339 e. The number of imidazole rings is 1. The lowest BCUT2D eigenvalue weighted by atomic mass is 9.99. The summed E-state index contributed by atoms with van der Waals surface area (Å²) in [5.74, 6) is 0.0340. The smallest absolute Gasteiger partial charge is 0.245 e. The van der Waals surface area contributed by atoms with Crippen molar-refractivity contribution >= 4 is 11.6 Å². The monoisotopic (exact) mass is 529 g/mol. The van der Waals surface area contributed by atoms with Gasteiger partial charge in [0.15, 0.2) is 5.65 Å². The van der Waals surface area contributed by atoms with Crippen molar-refractivity contribution in [1.29, 1.82) is 0 Å². The summed E-state index contributed by atoms with van der Waals surface area (Å²) < 4.78 is 1.95. The van der Waals surface area contributed by atoms with Gasteiger partial charge >= 0.3 is 0 Å². The van der Waals surface area contributed by atoms with Crippen molar-refractivity contribution in [1.82, 2.24) is 35.0 Å². The highest BCUT2D eigenvalue weighted by molar-refractivity contribution is 5.87. The van der Waals surface area contributed by atoms with E-state index in [0.717, 1.165) is 78.3 Å². The second-order valence-corrected chi connectivity index (χ2v) is 10.6. The first kappa shape index (κ1) is 24.5. The number of hydrogen-bond donors (Lipinski definition) is 2. The van der Waals surface area contributed by atoms with Gasteiger partial charge in [0.2, 0.25) is 5.91 Å². The minimum Gasteiger partial charge on any atom is -0.339 e. The zero-order valence-electron chi connectivity index (χ0n) is 22.3. The maximum absolute atomic E-state index is 11.9. The molecule has 2 aromatic carbocycles. The average molecular weight is 530 g/mol. The number of H-pyrrole nitrogens is 1. The Morgan fingerprint density at radius 1 is 1.00 bits per heavy atom. The quantitative estimate of drug-likeness (QED) is 0.295. The third-order valence-electron chi connectivity index (χ3n) is 8.21. The molecule has 0 radical (unpaired) electrons. The Hall–Kier alpha value is -4.56. The van der Waals surface area contributed by atoms with E-state index in [1.807, 2.05) is 45.8 Å². The summed E-state index contributed by atoms with van der Waals surface area (Å²) in [6.45, 7) is 5.19. The van der Waals surface area contributed by atoms with E-state index in [0.29, 0.717) is 12.1 Å². The minimum absolute atomic E-state index is 0.0340. The second kappa shape index (κ2) is 10.2. The predicted octanol–water partition coefficient (Wildman–Crippen LogP) is 5.21. The Kier molecular flexibility index (Phi) is 6.24. The van der Waals surface area contributed by atoms with Crippen molar-refractivity contribution in [2.45, 2.75) is 37.8 Å². The lowest BCUT2D eigenvalue weighted by Crippen LogP contribution is -2.45. The van der Waals surface area contributed by atoms with E-state index >= 15 is 0 Å². The van der Waals surface area contributed by atoms with Crippen LogP contribution in [0.2, 0.25) is 0 Å². The molecule has 4 heterocycles. The van der Waals surface area contributed by atoms with Gasteiger partial charge in [0.1, 0.15) is 11.4 Å². The van der Waals surface area contributed by atoms with Gasteiger partial charge in [0, 0.05) is 42.5 Å². The zero-order valence-corrected chi connectivity index (χ0v) is 22.3. The maximum atomic E-state index is 11.9. The molecule has 5 aromatic rings. The first-order valence-electron chi connectivity index (χ1n) is 13.9. The summed E-state index contributed by atoms with van der Waals surface area (Å²) in [6.07, 6.45) is 7.20. The first-order chi connectivity index (χ1) is 19.7. The Morgan fingerprint density at radius 3 is 2.62 bits per heavy atom. The highest BCUT2D eigenvalue weighted by Gasteiger charge is 2.28. The van der Waals surface area contributed by atoms with Crippen LogP contribution in [-0.2, 0) is 11.2 Å². The second-order valence-electron chi connectivity index (χ2n) is 10.6. The number of aromatic amines is 1. The van der Waals surface area contributed by atoms with Crippen LogP contribution in [0.4, 0.5) is 0 Å². The number of aromatic nitrogens is 5. The first-order valence-corrected chi connectivity index (χ1v) is 13.9. The number of nitrogens with one attached hydrogen (secondary N) is 2. The van der Waals surface area contributed by atoms with E-state index in [2.05, 4.69) is 52.4 Å². The normalized spacial score (nSPS) is 17.3. The molecule has 3 aromatic heterocycles. The summed E-state index contributed by atoms with van der Waals surface area (Å²) >= 11 is 0. The third kappa shape index (κ3) is 4.40. The molecule has 1 aliphatic carbocycles. The molecule has 1 saturated heterocycles. The number of benzene rings is 2. The molecule has 2 N–H and O–H groups in total. The van der Waals surface area contributed by atoms with Crippen LogP contribution in [0.5, 0.6) is 0 Å². The molecule has 200 valence electrons. The van der Waals surface area contributed by atoms with Crippen molar-refractivity contribution in [3.05, 3.63) is 96.7 Å². The highest BCUT2D eigenvalue weighted by atomic mass is 16.2. The fraction of sp³-hybridized carbons (Fsp3) is 0.250. The Balaban J connectivity index is 1.20. The van der Waals surface area contributed by atoms with Gasteiger partial charge in [-0.25, -0.2) is 9.50 Å². The van der Waals surface area contributed by atoms with Gasteiger partial charge in [-0.15, -0.1) is 0 Å². The lowest BCUT2D eigenvalue weighted by Gasteiger charge is -2.33. The Morgan fingerprint density at radius 2 is 1.85 bits per heavy atom. The van der Waals surface area contributed by atoms with Gasteiger partial charge in [-0.2, -0.15) is 10.2 Å². The van der Waals surface area contributed by atoms with E-state index < -0.39 is 0 Å². The van der Waals surface area contributed by atoms with Crippen LogP contribution in [-0.4, -0.2) is 54.7 Å². The minimum atomic E-state index is 0.0340. The molecule has 7 rings (SSSR count). The Bertz CT molecular complexity index is 1680. The van der Waals surface area contributed by atoms with Crippen molar-refractivity contribution in [3.63, 3.8) is 0 Å². The van der Waals surface area contributed by atoms with Crippen molar-refractivity contribution in [3.8, 4) is 33.9 Å². The molecule has 8 heteroatoms. The summed E-state index contributed by atoms with van der Waals surface area (Å²) in [4.78, 5) is 18.9. The van der Waals surface area contributed by atoms with Gasteiger partial charge in [0.25, 0.3) is 0 Å². The SMILES string of the molecule is C=CC(=O)N1CCC(N[C@H]2CCc3cc(-c4nc5ccc(-c6ccn[nH]6)nn5c4-c4ccccc4)ccc32)CC1. The maximum Gasteiger partial charge on any atom is 0.245 e. The highest BCUT2D eigenvalue weighted by Crippen LogP contribution is 2.38. The number of hydrogen-bond acceptors (Lipinski definition) is 5. The van der Waals surface area contributed by atoms with Gasteiger partial charge in [0.05, 0.1) is 11.4 Å². The van der Waals surface area contributed by atoms with E-state index in [-0.39, 0.29) is 5.91 Å². The standard InChI is InChI=1S/C32H31N7O/c1-2-30(40)38-18-15-24(16-19-38)34-26-11-9-22-20-23(8-10-25(22)26)31-32(21-6-4-3-5-7-21)39-29(35-31)13-12-28(37-39)27-14-17-33-36-27/h2-8,10,12-14,17,20,24,26,34H,1,9,11,15-16,18-19H2,(H,33,36)/t26-/m0/s1. The van der Waals surface area contributed by atoms with Gasteiger partial charge in [-0.05, 0) is 67.2 Å². The van der Waals surface area contributed by atoms with E-state index in [9.17, 15) is 4.79 Å². The Labute approximate surface area is 232 Å². The van der Waals surface area contributed by atoms with Crippen LogP contribution in [0.25, 0.3) is 39.5 Å². The molecular formula is C32H31N7O. The van der Waals surface area contributed by atoms with Crippen molar-refractivity contribution in [2.24, 2.45) is 0 Å². The van der Waals surface area contributed by atoms with E-state index in [4.69, 9.17) is 10.1 Å². The molecule has 1 fully saturated rings. The van der Waals surface area contributed by atoms with Gasteiger partial charge in [-0.1, -0.05) is 49.0 Å². The molecular weight excluding hydrogens is 498 g/mol. The number of carbonyl (C=O) groups excluding carboxylic acids is 1. The molecule has 0 saturated carbocycles. The van der Waals surface area contributed by atoms with Crippen LogP contribution in [0.3, 0.4) is 0 Å². The fourth-order valence-electron chi connectivity index (χ4n) is 6.15. The van der Waals surface area contributed by atoms with Crippen molar-refractivity contribution < 1.29 is 4.79 Å². The number of piperidine rings is 1. The topological polar surface area (TPSA) is 91.2 Å². The van der Waals surface area contributed by atoms with Crippen LogP contribution in [0.15, 0.2) is 85.6 Å².